The van der Waals surface area contributed by atoms with Gasteiger partial charge in [-0.1, -0.05) is 19.1 Å². The third-order valence-corrected chi connectivity index (χ3v) is 3.29. The van der Waals surface area contributed by atoms with Gasteiger partial charge in [0.1, 0.15) is 0 Å². The Balaban J connectivity index is 2.51. The monoisotopic (exact) mass is 262 g/mol. The molecule has 1 aromatic rings. The Hall–Kier alpha value is -1.64. The van der Waals surface area contributed by atoms with Gasteiger partial charge in [0.15, 0.2) is 5.78 Å². The van der Waals surface area contributed by atoms with Gasteiger partial charge in [0, 0.05) is 18.4 Å². The molecule has 0 aliphatic rings. The molecule has 0 unspecified atom stereocenters. The lowest BCUT2D eigenvalue weighted by Gasteiger charge is -2.07. The third-order valence-electron chi connectivity index (χ3n) is 3.29. The lowest BCUT2D eigenvalue weighted by molar-refractivity contribution is -0.140. The number of carbonyl (C=O) groups excluding carboxylic acids is 2. The molecule has 0 radical (unpaired) electrons. The van der Waals surface area contributed by atoms with Gasteiger partial charge < -0.3 is 4.74 Å². The molecule has 0 aliphatic carbocycles. The van der Waals surface area contributed by atoms with Crippen LogP contribution in [0.1, 0.15) is 54.1 Å². The van der Waals surface area contributed by atoms with E-state index < -0.39 is 0 Å². The summed E-state index contributed by atoms with van der Waals surface area (Å²) in [5.74, 6) is 0.0287. The summed E-state index contributed by atoms with van der Waals surface area (Å²) in [6.07, 6.45) is 3.74. The van der Waals surface area contributed by atoms with Crippen LogP contribution in [-0.2, 0) is 16.0 Å². The van der Waals surface area contributed by atoms with E-state index in [2.05, 4.69) is 4.74 Å². The Morgan fingerprint density at radius 1 is 1.21 bits per heavy atom. The van der Waals surface area contributed by atoms with Crippen LogP contribution in [0.15, 0.2) is 18.2 Å². The van der Waals surface area contributed by atoms with Crippen LogP contribution in [0.5, 0.6) is 0 Å². The van der Waals surface area contributed by atoms with Gasteiger partial charge in [0.05, 0.1) is 7.11 Å². The molecule has 104 valence electrons. The highest BCUT2D eigenvalue weighted by atomic mass is 16.5. The van der Waals surface area contributed by atoms with Gasteiger partial charge in [-0.05, 0) is 43.4 Å². The van der Waals surface area contributed by atoms with E-state index in [4.69, 9.17) is 0 Å². The predicted molar refractivity (Wildman–Crippen MR) is 75.4 cm³/mol. The molecule has 0 amide bonds. The predicted octanol–water partition coefficient (Wildman–Crippen LogP) is 3.47. The van der Waals surface area contributed by atoms with Crippen molar-refractivity contribution in [1.82, 2.24) is 0 Å². The maximum Gasteiger partial charge on any atom is 0.305 e. The van der Waals surface area contributed by atoms with Crippen LogP contribution in [0, 0.1) is 6.92 Å². The van der Waals surface area contributed by atoms with E-state index in [9.17, 15) is 9.59 Å². The number of hydrogen-bond acceptors (Lipinski definition) is 3. The van der Waals surface area contributed by atoms with E-state index in [-0.39, 0.29) is 11.8 Å². The van der Waals surface area contributed by atoms with Gasteiger partial charge in [-0.25, -0.2) is 0 Å². The molecule has 1 aromatic carbocycles. The van der Waals surface area contributed by atoms with E-state index in [0.29, 0.717) is 12.8 Å². The fraction of sp³-hybridized carbons (Fsp3) is 0.500. The average Bonchev–Trinajstić information content (AvgIpc) is 2.43. The molecule has 0 fully saturated rings. The highest BCUT2D eigenvalue weighted by molar-refractivity contribution is 5.96. The average molecular weight is 262 g/mol. The largest absolute Gasteiger partial charge is 0.469 e. The number of unbranched alkanes of at least 4 members (excludes halogenated alkanes) is 1. The van der Waals surface area contributed by atoms with Gasteiger partial charge in [-0.2, -0.15) is 0 Å². The molecule has 0 N–H and O–H groups in total. The number of aryl methyl sites for hydroxylation is 2. The summed E-state index contributed by atoms with van der Waals surface area (Å²) in [4.78, 5) is 22.6. The zero-order valence-corrected chi connectivity index (χ0v) is 12.0. The van der Waals surface area contributed by atoms with E-state index >= 15 is 0 Å². The highest BCUT2D eigenvalue weighted by Gasteiger charge is 2.06. The first-order valence-corrected chi connectivity index (χ1v) is 6.78. The number of Topliss-reactive ketones (excluding diaryl/α,β-unsaturated/α-hetero) is 1. The number of ether oxygens (including phenoxy) is 1. The molecular weight excluding hydrogens is 240 g/mol. The molecule has 1 rings (SSSR count). The molecule has 0 aliphatic heterocycles. The molecule has 0 saturated carbocycles. The number of ketones is 1. The van der Waals surface area contributed by atoms with E-state index in [1.807, 2.05) is 32.0 Å². The second-order valence-corrected chi connectivity index (χ2v) is 4.70. The van der Waals surface area contributed by atoms with Crippen LogP contribution >= 0.6 is 0 Å². The summed E-state index contributed by atoms with van der Waals surface area (Å²) >= 11 is 0. The maximum absolute atomic E-state index is 11.6. The fourth-order valence-corrected chi connectivity index (χ4v) is 2.04. The second kappa shape index (κ2) is 7.72. The molecule has 0 atom stereocenters. The van der Waals surface area contributed by atoms with Crippen LogP contribution in [0.4, 0.5) is 0 Å². The van der Waals surface area contributed by atoms with Crippen molar-refractivity contribution >= 4 is 11.8 Å². The fourth-order valence-electron chi connectivity index (χ4n) is 2.04. The zero-order valence-electron chi connectivity index (χ0n) is 12.0. The number of esters is 1. The van der Waals surface area contributed by atoms with Crippen molar-refractivity contribution in [2.75, 3.05) is 7.11 Å². The Bertz CT molecular complexity index is 449. The summed E-state index contributed by atoms with van der Waals surface area (Å²) in [6, 6.07) is 5.88. The smallest absolute Gasteiger partial charge is 0.305 e. The summed E-state index contributed by atoms with van der Waals surface area (Å²) in [5, 5.41) is 0. The van der Waals surface area contributed by atoms with Gasteiger partial charge in [0.2, 0.25) is 0 Å². The third kappa shape index (κ3) is 4.86. The Morgan fingerprint density at radius 3 is 2.53 bits per heavy atom. The van der Waals surface area contributed by atoms with Crippen LogP contribution in [0.25, 0.3) is 0 Å². The SMILES string of the molecule is CCC(=O)c1ccc(CCCCC(=O)OC)c(C)c1. The van der Waals surface area contributed by atoms with Crippen LogP contribution in [0.2, 0.25) is 0 Å². The Morgan fingerprint density at radius 2 is 1.95 bits per heavy atom. The summed E-state index contributed by atoms with van der Waals surface area (Å²) in [5.41, 5.74) is 3.19. The van der Waals surface area contributed by atoms with Crippen molar-refractivity contribution in [3.05, 3.63) is 34.9 Å². The molecule has 0 heterocycles. The number of hydrogen-bond donors (Lipinski definition) is 0. The molecule has 0 bridgehead atoms. The normalized spacial score (nSPS) is 10.3. The van der Waals surface area contributed by atoms with Crippen LogP contribution < -0.4 is 0 Å². The summed E-state index contributed by atoms with van der Waals surface area (Å²) < 4.78 is 4.60. The number of methoxy groups -OCH3 is 1. The first-order valence-electron chi connectivity index (χ1n) is 6.78. The van der Waals surface area contributed by atoms with Crippen molar-refractivity contribution in [2.45, 2.75) is 46.0 Å². The molecular formula is C16H22O3. The number of carbonyl (C=O) groups is 2. The van der Waals surface area contributed by atoms with Gasteiger partial charge >= 0.3 is 5.97 Å². The molecule has 0 saturated heterocycles. The number of rotatable bonds is 7. The molecule has 3 heteroatoms. The first-order chi connectivity index (χ1) is 9.08. The standard InChI is InChI=1S/C16H22O3/c1-4-15(17)14-10-9-13(12(2)11-14)7-5-6-8-16(18)19-3/h9-11H,4-8H2,1-3H3. The summed E-state index contributed by atoms with van der Waals surface area (Å²) in [7, 11) is 1.41. The molecule has 19 heavy (non-hydrogen) atoms. The Kier molecular flexibility index (Phi) is 6.26. The number of benzene rings is 1. The topological polar surface area (TPSA) is 43.4 Å². The van der Waals surface area contributed by atoms with Gasteiger partial charge in [-0.3, -0.25) is 9.59 Å². The molecule has 0 spiro atoms. The lowest BCUT2D eigenvalue weighted by atomic mass is 9.98. The van der Waals surface area contributed by atoms with Crippen LogP contribution in [-0.4, -0.2) is 18.9 Å². The molecule has 0 aromatic heterocycles. The lowest BCUT2D eigenvalue weighted by Crippen LogP contribution is -2.01. The minimum absolute atomic E-state index is 0.152. The van der Waals surface area contributed by atoms with Crippen molar-refractivity contribution < 1.29 is 14.3 Å². The van der Waals surface area contributed by atoms with Crippen molar-refractivity contribution in [3.63, 3.8) is 0 Å². The first kappa shape index (κ1) is 15.4. The maximum atomic E-state index is 11.6. The summed E-state index contributed by atoms with van der Waals surface area (Å²) in [6.45, 7) is 3.90. The quantitative estimate of drug-likeness (QED) is 0.429. The van der Waals surface area contributed by atoms with E-state index in [1.165, 1.54) is 12.7 Å². The van der Waals surface area contributed by atoms with E-state index in [1.54, 1.807) is 0 Å². The highest BCUT2D eigenvalue weighted by Crippen LogP contribution is 2.15. The van der Waals surface area contributed by atoms with Crippen LogP contribution in [0.3, 0.4) is 0 Å². The second-order valence-electron chi connectivity index (χ2n) is 4.70. The van der Waals surface area contributed by atoms with E-state index in [0.717, 1.165) is 30.4 Å². The van der Waals surface area contributed by atoms with Gasteiger partial charge in [0.25, 0.3) is 0 Å². The minimum atomic E-state index is -0.152. The molecule has 3 nitrogen and oxygen atoms in total. The van der Waals surface area contributed by atoms with Crippen molar-refractivity contribution in [3.8, 4) is 0 Å². The van der Waals surface area contributed by atoms with Crippen molar-refractivity contribution in [2.24, 2.45) is 0 Å². The zero-order chi connectivity index (χ0) is 14.3. The van der Waals surface area contributed by atoms with Gasteiger partial charge in [-0.15, -0.1) is 0 Å². The Labute approximate surface area is 115 Å². The minimum Gasteiger partial charge on any atom is -0.469 e. The van der Waals surface area contributed by atoms with Crippen molar-refractivity contribution in [1.29, 1.82) is 0 Å².